The summed E-state index contributed by atoms with van der Waals surface area (Å²) in [5.74, 6) is 0. The molecule has 14 heavy (non-hydrogen) atoms. The number of benzene rings is 2. The molecule has 0 heterocycles. The molecule has 1 nitrogen and oxygen atoms in total. The summed E-state index contributed by atoms with van der Waals surface area (Å²) < 4.78 is 0. The van der Waals surface area contributed by atoms with Gasteiger partial charge in [-0.15, -0.1) is 0 Å². The number of hydrogen-bond acceptors (Lipinski definition) is 1. The van der Waals surface area contributed by atoms with E-state index in [0.717, 1.165) is 12.8 Å². The van der Waals surface area contributed by atoms with E-state index in [2.05, 4.69) is 36.4 Å². The van der Waals surface area contributed by atoms with Crippen molar-refractivity contribution < 1.29 is 0 Å². The molecule has 1 atom stereocenters. The predicted molar refractivity (Wildman–Crippen MR) is 59.2 cm³/mol. The van der Waals surface area contributed by atoms with E-state index in [4.69, 9.17) is 5.73 Å². The van der Waals surface area contributed by atoms with Crippen LogP contribution in [-0.4, -0.2) is 0 Å². The third-order valence-electron chi connectivity index (χ3n) is 3.16. The zero-order chi connectivity index (χ0) is 9.54. The average molecular weight is 183 g/mol. The van der Waals surface area contributed by atoms with Crippen molar-refractivity contribution in [3.8, 4) is 0 Å². The summed E-state index contributed by atoms with van der Waals surface area (Å²) in [5.41, 5.74) is 8.93. The molecular formula is C13H13N. The van der Waals surface area contributed by atoms with Crippen LogP contribution in [-0.2, 0) is 6.42 Å². The van der Waals surface area contributed by atoms with Gasteiger partial charge in [-0.05, 0) is 34.7 Å². The summed E-state index contributed by atoms with van der Waals surface area (Å²) in [6.45, 7) is 0. The molecule has 2 aromatic rings. The van der Waals surface area contributed by atoms with Crippen molar-refractivity contribution in [2.45, 2.75) is 18.9 Å². The molecule has 0 amide bonds. The lowest BCUT2D eigenvalue weighted by Gasteiger charge is -2.08. The van der Waals surface area contributed by atoms with Crippen molar-refractivity contribution in [3.63, 3.8) is 0 Å². The predicted octanol–water partition coefficient (Wildman–Crippen LogP) is 2.79. The summed E-state index contributed by atoms with van der Waals surface area (Å²) >= 11 is 0. The summed E-state index contributed by atoms with van der Waals surface area (Å²) in [6.07, 6.45) is 2.24. The van der Waals surface area contributed by atoms with E-state index in [-0.39, 0.29) is 6.04 Å². The molecule has 0 bridgehead atoms. The highest BCUT2D eigenvalue weighted by atomic mass is 14.6. The van der Waals surface area contributed by atoms with Gasteiger partial charge in [0.2, 0.25) is 0 Å². The van der Waals surface area contributed by atoms with Gasteiger partial charge >= 0.3 is 0 Å². The molecule has 2 N–H and O–H groups in total. The van der Waals surface area contributed by atoms with Crippen LogP contribution >= 0.6 is 0 Å². The second kappa shape index (κ2) is 2.82. The van der Waals surface area contributed by atoms with E-state index in [9.17, 15) is 0 Å². The molecule has 0 fully saturated rings. The minimum Gasteiger partial charge on any atom is -0.324 e. The lowest BCUT2D eigenvalue weighted by Crippen LogP contribution is -2.05. The van der Waals surface area contributed by atoms with E-state index in [1.165, 1.54) is 21.9 Å². The zero-order valence-corrected chi connectivity index (χ0v) is 8.03. The molecule has 0 spiro atoms. The molecule has 0 radical (unpaired) electrons. The maximum absolute atomic E-state index is 6.11. The van der Waals surface area contributed by atoms with E-state index in [1.807, 2.05) is 0 Å². The van der Waals surface area contributed by atoms with Crippen molar-refractivity contribution in [3.05, 3.63) is 47.5 Å². The summed E-state index contributed by atoms with van der Waals surface area (Å²) in [7, 11) is 0. The smallest absolute Gasteiger partial charge is 0.0306 e. The Hall–Kier alpha value is -1.34. The zero-order valence-electron chi connectivity index (χ0n) is 8.03. The van der Waals surface area contributed by atoms with Crippen molar-refractivity contribution in [1.82, 2.24) is 0 Å². The third kappa shape index (κ3) is 0.992. The number of nitrogens with two attached hydrogens (primary N) is 1. The maximum atomic E-state index is 6.11. The number of aryl methyl sites for hydroxylation is 1. The molecule has 70 valence electrons. The Morgan fingerprint density at radius 2 is 1.93 bits per heavy atom. The van der Waals surface area contributed by atoms with Gasteiger partial charge in [0.05, 0.1) is 0 Å². The summed E-state index contributed by atoms with van der Waals surface area (Å²) in [6, 6.07) is 13.2. The van der Waals surface area contributed by atoms with Gasteiger partial charge in [-0.1, -0.05) is 36.4 Å². The van der Waals surface area contributed by atoms with Gasteiger partial charge in [0.25, 0.3) is 0 Å². The second-order valence-corrected chi connectivity index (χ2v) is 4.00. The molecule has 0 saturated carbocycles. The SMILES string of the molecule is N[C@H]1CCc2ccc3ccccc3c21. The number of hydrogen-bond donors (Lipinski definition) is 1. The van der Waals surface area contributed by atoms with Crippen LogP contribution in [0.25, 0.3) is 10.8 Å². The Morgan fingerprint density at radius 1 is 1.07 bits per heavy atom. The molecule has 0 unspecified atom stereocenters. The summed E-state index contributed by atoms with van der Waals surface area (Å²) in [5, 5.41) is 2.65. The van der Waals surface area contributed by atoms with Gasteiger partial charge < -0.3 is 5.73 Å². The van der Waals surface area contributed by atoms with Gasteiger partial charge in [0.1, 0.15) is 0 Å². The first-order valence-corrected chi connectivity index (χ1v) is 5.12. The molecule has 2 aromatic carbocycles. The Balaban J connectivity index is 2.41. The van der Waals surface area contributed by atoms with Gasteiger partial charge in [-0.25, -0.2) is 0 Å². The normalized spacial score (nSPS) is 19.9. The first-order valence-electron chi connectivity index (χ1n) is 5.12. The monoisotopic (exact) mass is 183 g/mol. The lowest BCUT2D eigenvalue weighted by molar-refractivity contribution is 0.717. The highest BCUT2D eigenvalue weighted by molar-refractivity contribution is 5.87. The average Bonchev–Trinajstić information content (AvgIpc) is 2.61. The Bertz CT molecular complexity index is 488. The van der Waals surface area contributed by atoms with E-state index in [0.29, 0.717) is 0 Å². The highest BCUT2D eigenvalue weighted by Gasteiger charge is 2.20. The van der Waals surface area contributed by atoms with E-state index < -0.39 is 0 Å². The van der Waals surface area contributed by atoms with Crippen molar-refractivity contribution in [2.24, 2.45) is 5.73 Å². The fourth-order valence-corrected chi connectivity index (χ4v) is 2.45. The minimum absolute atomic E-state index is 0.246. The fourth-order valence-electron chi connectivity index (χ4n) is 2.45. The summed E-state index contributed by atoms with van der Waals surface area (Å²) in [4.78, 5) is 0. The van der Waals surface area contributed by atoms with Crippen LogP contribution in [0.15, 0.2) is 36.4 Å². The van der Waals surface area contributed by atoms with Crippen LogP contribution < -0.4 is 5.73 Å². The van der Waals surface area contributed by atoms with E-state index in [1.54, 1.807) is 0 Å². The third-order valence-corrected chi connectivity index (χ3v) is 3.16. The minimum atomic E-state index is 0.246. The van der Waals surface area contributed by atoms with Crippen LogP contribution in [0.2, 0.25) is 0 Å². The van der Waals surface area contributed by atoms with Gasteiger partial charge in [0, 0.05) is 6.04 Å². The lowest BCUT2D eigenvalue weighted by atomic mass is 9.99. The first kappa shape index (κ1) is 8.01. The molecule has 1 heteroatoms. The Labute approximate surface area is 83.5 Å². The van der Waals surface area contributed by atoms with Gasteiger partial charge in [-0.2, -0.15) is 0 Å². The van der Waals surface area contributed by atoms with Crippen LogP contribution in [0.3, 0.4) is 0 Å². The maximum Gasteiger partial charge on any atom is 0.0306 e. The van der Waals surface area contributed by atoms with Crippen LogP contribution in [0.4, 0.5) is 0 Å². The van der Waals surface area contributed by atoms with Crippen LogP contribution in [0, 0.1) is 0 Å². The van der Waals surface area contributed by atoms with Crippen LogP contribution in [0.5, 0.6) is 0 Å². The van der Waals surface area contributed by atoms with Gasteiger partial charge in [0.15, 0.2) is 0 Å². The molecule has 0 aliphatic heterocycles. The molecule has 0 saturated heterocycles. The molecule has 0 aromatic heterocycles. The highest BCUT2D eigenvalue weighted by Crippen LogP contribution is 2.34. The standard InChI is InChI=1S/C13H13N/c14-12-8-7-10-6-5-9-3-1-2-4-11(9)13(10)12/h1-6,12H,7-8,14H2/t12-/m0/s1. The molecular weight excluding hydrogens is 170 g/mol. The number of rotatable bonds is 0. The number of fused-ring (bicyclic) bond motifs is 3. The largest absolute Gasteiger partial charge is 0.324 e. The molecule has 3 rings (SSSR count). The Kier molecular flexibility index (Phi) is 1.62. The quantitative estimate of drug-likeness (QED) is 0.667. The Morgan fingerprint density at radius 3 is 2.86 bits per heavy atom. The van der Waals surface area contributed by atoms with Crippen molar-refractivity contribution in [2.75, 3.05) is 0 Å². The van der Waals surface area contributed by atoms with Crippen molar-refractivity contribution in [1.29, 1.82) is 0 Å². The van der Waals surface area contributed by atoms with Crippen molar-refractivity contribution >= 4 is 10.8 Å². The molecule has 1 aliphatic rings. The molecule has 1 aliphatic carbocycles. The first-order chi connectivity index (χ1) is 6.86. The topological polar surface area (TPSA) is 26.0 Å². The fraction of sp³-hybridized carbons (Fsp3) is 0.231. The van der Waals surface area contributed by atoms with Gasteiger partial charge in [-0.3, -0.25) is 0 Å². The van der Waals surface area contributed by atoms with E-state index >= 15 is 0 Å². The second-order valence-electron chi connectivity index (χ2n) is 4.00. The van der Waals surface area contributed by atoms with Crippen LogP contribution in [0.1, 0.15) is 23.6 Å².